The molecular weight excluding hydrogens is 175 g/mol. The average Bonchev–Trinajstić information content (AvgIpc) is 1.31. The van der Waals surface area contributed by atoms with Gasteiger partial charge < -0.3 is 4.55 Å². The zero-order valence-corrected chi connectivity index (χ0v) is 9.49. The topological polar surface area (TPSA) is 57.2 Å². The minimum Gasteiger partial charge on any atom is -0.747 e. The van der Waals surface area contributed by atoms with Gasteiger partial charge in [-0.2, -0.15) is 12.6 Å². The first-order chi connectivity index (χ1) is 2.94. The maximum atomic E-state index is 9.70. The van der Waals surface area contributed by atoms with Crippen LogP contribution in [0.15, 0.2) is 0 Å². The van der Waals surface area contributed by atoms with Crippen molar-refractivity contribution in [3.8, 4) is 0 Å². The monoisotopic (exact) mass is 180 g/mol. The molecule has 0 saturated heterocycles. The zero-order valence-electron chi connectivity index (χ0n) is 4.66. The van der Waals surface area contributed by atoms with Gasteiger partial charge in [0.2, 0.25) is 0 Å². The first kappa shape index (κ1) is 12.6. The van der Waals surface area contributed by atoms with Crippen molar-refractivity contribution in [2.75, 3.05) is 0 Å². The van der Waals surface area contributed by atoms with Crippen LogP contribution in [0.25, 0.3) is 0 Å². The maximum absolute atomic E-state index is 9.70. The molecule has 0 spiro atoms. The van der Waals surface area contributed by atoms with E-state index in [4.69, 9.17) is 0 Å². The van der Waals surface area contributed by atoms with Crippen molar-refractivity contribution in [3.63, 3.8) is 0 Å². The predicted octanol–water partition coefficient (Wildman–Crippen LogP) is -3.19. The zero-order chi connectivity index (χ0) is 6.08. The van der Waals surface area contributed by atoms with E-state index in [0.29, 0.717) is 0 Å². The Morgan fingerprint density at radius 3 is 1.75 bits per heavy atom. The van der Waals surface area contributed by atoms with Gasteiger partial charge in [-0.05, 0) is 6.92 Å². The van der Waals surface area contributed by atoms with Crippen LogP contribution in [0.5, 0.6) is 0 Å². The van der Waals surface area contributed by atoms with Gasteiger partial charge in [0.05, 0.1) is 4.58 Å². The van der Waals surface area contributed by atoms with E-state index in [0.717, 1.165) is 0 Å². The van der Waals surface area contributed by atoms with Gasteiger partial charge in [-0.1, -0.05) is 0 Å². The molecule has 8 heavy (non-hydrogen) atoms. The maximum Gasteiger partial charge on any atom is 1.00 e. The second-order valence-electron chi connectivity index (χ2n) is 1.09. The predicted molar refractivity (Wildman–Crippen MR) is 28.1 cm³/mol. The first-order valence-electron chi connectivity index (χ1n) is 1.57. The molecular formula is C2H5KO3S2. The molecule has 0 aromatic rings. The SMILES string of the molecule is CC(S)S(=O)(=O)[O-].[K+]. The molecule has 0 saturated carbocycles. The molecule has 0 amide bonds. The fourth-order valence-corrected chi connectivity index (χ4v) is 0. The van der Waals surface area contributed by atoms with E-state index >= 15 is 0 Å². The van der Waals surface area contributed by atoms with Gasteiger partial charge in [0.15, 0.2) is 0 Å². The molecule has 0 aliphatic heterocycles. The summed E-state index contributed by atoms with van der Waals surface area (Å²) in [4.78, 5) is 0. The number of hydrogen-bond donors (Lipinski definition) is 1. The van der Waals surface area contributed by atoms with Crippen molar-refractivity contribution in [1.82, 2.24) is 0 Å². The van der Waals surface area contributed by atoms with Crippen LogP contribution in [0.2, 0.25) is 0 Å². The van der Waals surface area contributed by atoms with Crippen molar-refractivity contribution < 1.29 is 64.4 Å². The van der Waals surface area contributed by atoms with Gasteiger partial charge in [-0.3, -0.25) is 0 Å². The molecule has 44 valence electrons. The molecule has 0 aliphatic rings. The van der Waals surface area contributed by atoms with Crippen molar-refractivity contribution in [3.05, 3.63) is 0 Å². The summed E-state index contributed by atoms with van der Waals surface area (Å²) in [5.74, 6) is 0. The Balaban J connectivity index is 0. The average molecular weight is 180 g/mol. The second kappa shape index (κ2) is 4.67. The Labute approximate surface area is 96.8 Å². The molecule has 0 N–H and O–H groups in total. The fourth-order valence-electron chi connectivity index (χ4n) is 0. The van der Waals surface area contributed by atoms with Crippen LogP contribution in [0.4, 0.5) is 0 Å². The van der Waals surface area contributed by atoms with Crippen LogP contribution in [0, 0.1) is 0 Å². The van der Waals surface area contributed by atoms with E-state index < -0.39 is 14.7 Å². The van der Waals surface area contributed by atoms with E-state index in [1.54, 1.807) is 0 Å². The molecule has 0 aromatic heterocycles. The summed E-state index contributed by atoms with van der Waals surface area (Å²) in [5, 5.41) is 0. The smallest absolute Gasteiger partial charge is 0.747 e. The summed E-state index contributed by atoms with van der Waals surface area (Å²) in [6.45, 7) is 1.21. The van der Waals surface area contributed by atoms with Crippen molar-refractivity contribution in [2.24, 2.45) is 0 Å². The Kier molecular flexibility index (Phi) is 7.34. The van der Waals surface area contributed by atoms with Crippen molar-refractivity contribution in [2.45, 2.75) is 11.5 Å². The summed E-state index contributed by atoms with van der Waals surface area (Å²) in [6.07, 6.45) is 0. The Morgan fingerprint density at radius 2 is 1.75 bits per heavy atom. The second-order valence-corrected chi connectivity index (χ2v) is 3.91. The van der Waals surface area contributed by atoms with Crippen LogP contribution >= 0.6 is 12.6 Å². The molecule has 0 aliphatic carbocycles. The van der Waals surface area contributed by atoms with Crippen LogP contribution in [0.1, 0.15) is 6.92 Å². The third-order valence-corrected chi connectivity index (χ3v) is 2.03. The fraction of sp³-hybridized carbons (Fsp3) is 1.00. The molecule has 0 bridgehead atoms. The minimum atomic E-state index is -4.13. The van der Waals surface area contributed by atoms with Crippen LogP contribution in [-0.2, 0) is 10.1 Å². The van der Waals surface area contributed by atoms with Crippen LogP contribution in [-0.4, -0.2) is 17.6 Å². The molecule has 6 heteroatoms. The van der Waals surface area contributed by atoms with Crippen LogP contribution in [0.3, 0.4) is 0 Å². The number of rotatable bonds is 1. The Hall–Kier alpha value is 1.90. The summed E-state index contributed by atoms with van der Waals surface area (Å²) in [5.41, 5.74) is 0. The number of hydrogen-bond acceptors (Lipinski definition) is 4. The van der Waals surface area contributed by atoms with Gasteiger partial charge in [0.25, 0.3) is 0 Å². The van der Waals surface area contributed by atoms with Gasteiger partial charge in [0.1, 0.15) is 10.1 Å². The third kappa shape index (κ3) is 6.02. The summed E-state index contributed by atoms with van der Waals surface area (Å²) < 4.78 is 28.0. The van der Waals surface area contributed by atoms with Crippen molar-refractivity contribution in [1.29, 1.82) is 0 Å². The quantitative estimate of drug-likeness (QED) is 0.263. The van der Waals surface area contributed by atoms with E-state index in [2.05, 4.69) is 12.6 Å². The summed E-state index contributed by atoms with van der Waals surface area (Å²) >= 11 is 3.38. The molecule has 0 fully saturated rings. The van der Waals surface area contributed by atoms with Gasteiger partial charge in [0, 0.05) is 0 Å². The largest absolute Gasteiger partial charge is 1.00 e. The van der Waals surface area contributed by atoms with Crippen molar-refractivity contribution >= 4 is 22.7 Å². The number of thiol groups is 1. The summed E-state index contributed by atoms with van der Waals surface area (Å²) in [6, 6.07) is 0. The first-order valence-corrected chi connectivity index (χ1v) is 3.56. The van der Waals surface area contributed by atoms with E-state index in [-0.39, 0.29) is 51.4 Å². The van der Waals surface area contributed by atoms with Crippen LogP contribution < -0.4 is 51.4 Å². The molecule has 3 nitrogen and oxygen atoms in total. The molecule has 0 radical (unpaired) electrons. The standard InChI is InChI=1S/C2H6O3S2.K/c1-2(6)7(3,4)5;/h2,6H,1H3,(H,3,4,5);/q;+1/p-1. The minimum absolute atomic E-state index is 0. The van der Waals surface area contributed by atoms with Gasteiger partial charge >= 0.3 is 51.4 Å². The van der Waals surface area contributed by atoms with E-state index in [1.165, 1.54) is 6.92 Å². The Morgan fingerprint density at radius 1 is 1.62 bits per heavy atom. The van der Waals surface area contributed by atoms with Gasteiger partial charge in [-0.25, -0.2) is 8.42 Å². The molecule has 0 aromatic carbocycles. The van der Waals surface area contributed by atoms with E-state index in [9.17, 15) is 13.0 Å². The summed E-state index contributed by atoms with van der Waals surface area (Å²) in [7, 11) is -4.13. The molecule has 0 heterocycles. The molecule has 0 rings (SSSR count). The normalized spacial score (nSPS) is 14.4. The Bertz CT molecular complexity index is 137. The molecule has 1 atom stereocenters. The third-order valence-electron chi connectivity index (χ3n) is 0.418. The molecule has 1 unspecified atom stereocenters. The van der Waals surface area contributed by atoms with Gasteiger partial charge in [-0.15, -0.1) is 0 Å². The van der Waals surface area contributed by atoms with E-state index in [1.807, 2.05) is 0 Å².